The summed E-state index contributed by atoms with van der Waals surface area (Å²) < 4.78 is 58.6. The molecule has 2 bridgehead atoms. The van der Waals surface area contributed by atoms with Crippen molar-refractivity contribution in [2.24, 2.45) is 17.8 Å². The number of aliphatic hydroxyl groups excluding tert-OH is 5. The summed E-state index contributed by atoms with van der Waals surface area (Å²) in [6, 6.07) is 1.18. The third kappa shape index (κ3) is 23.9. The Bertz CT molecular complexity index is 1940. The number of phosphoric ester groups is 2. The molecule has 3 heterocycles. The Morgan fingerprint density at radius 3 is 2.18 bits per heavy atom. The average molecular weight is 1050 g/mol. The lowest BCUT2D eigenvalue weighted by atomic mass is 9.82. The molecule has 24 heteroatoms. The standard InChI is InChI=1S/C47H81N3O19P2/c1-4-6-13-19-33(51)23-24-36-38(53)28-39(54)37-27-34(52)20-16-17-22-43(56)67-35(29-64-42(55)21-15-12-10-8-7-9-11-14-18-32(3)5-2)30-65-70(60,61)69-71(62,63)66-31-40(45(58)44(36)57)68-46(37)50-26-25-41(48)49-47(50)59/h23-26,32-33,35-40,44-46,51,53-54,57-58H,4-22,27-31H2,1-3H3,(H,60,61)(H,62,63)(H2,48,49,59)/b24-23-/t32?,33-,35+,36-,37-,38+,39-,40+,44-,45+,46+/m0/s1. The van der Waals surface area contributed by atoms with Crippen molar-refractivity contribution in [2.75, 3.05) is 25.6 Å². The molecular formula is C47H81N3O19P2. The maximum absolute atomic E-state index is 13.7. The third-order valence-corrected chi connectivity index (χ3v) is 15.4. The van der Waals surface area contributed by atoms with Gasteiger partial charge in [0.25, 0.3) is 0 Å². The Balaban J connectivity index is 1.86. The van der Waals surface area contributed by atoms with Crippen molar-refractivity contribution in [3.05, 3.63) is 34.9 Å². The number of Topliss-reactive ketones (excluding diaryl/α,β-unsaturated/α-hetero) is 1. The summed E-state index contributed by atoms with van der Waals surface area (Å²) in [5, 5.41) is 57.3. The summed E-state index contributed by atoms with van der Waals surface area (Å²) in [5.74, 6) is -4.42. The molecule has 2 saturated heterocycles. The van der Waals surface area contributed by atoms with E-state index in [-0.39, 0.29) is 37.9 Å². The second-order valence-electron chi connectivity index (χ2n) is 18.9. The summed E-state index contributed by atoms with van der Waals surface area (Å²) >= 11 is 0. The predicted molar refractivity (Wildman–Crippen MR) is 259 cm³/mol. The van der Waals surface area contributed by atoms with E-state index in [1.165, 1.54) is 43.9 Å². The van der Waals surface area contributed by atoms with E-state index in [2.05, 4.69) is 23.1 Å². The lowest BCUT2D eigenvalue weighted by Gasteiger charge is -2.40. The molecule has 0 aliphatic carbocycles. The number of phosphoric acid groups is 2. The number of cyclic esters (lactones) is 1. The number of hydrogen-bond donors (Lipinski definition) is 8. The van der Waals surface area contributed by atoms with Crippen LogP contribution in [-0.4, -0.2) is 125 Å². The zero-order chi connectivity index (χ0) is 52.6. The van der Waals surface area contributed by atoms with Gasteiger partial charge in [-0.2, -0.15) is 9.29 Å². The molecule has 9 N–H and O–H groups in total. The number of nitrogens with zero attached hydrogens (tertiary/aromatic N) is 2. The van der Waals surface area contributed by atoms with Crippen LogP contribution in [0.4, 0.5) is 5.82 Å². The van der Waals surface area contributed by atoms with Gasteiger partial charge in [-0.05, 0) is 37.7 Å². The zero-order valence-electron chi connectivity index (χ0n) is 41.5. The second-order valence-corrected chi connectivity index (χ2v) is 21.9. The molecule has 1 aromatic rings. The molecule has 1 aromatic heterocycles. The van der Waals surface area contributed by atoms with Crippen LogP contribution in [0.15, 0.2) is 29.2 Å². The summed E-state index contributed by atoms with van der Waals surface area (Å²) in [4.78, 5) is 77.7. The number of nitrogen functional groups attached to an aromatic ring is 1. The molecule has 2 aliphatic heterocycles. The van der Waals surface area contributed by atoms with Gasteiger partial charge in [0.2, 0.25) is 0 Å². The lowest BCUT2D eigenvalue weighted by Crippen LogP contribution is -2.52. The Morgan fingerprint density at radius 1 is 0.887 bits per heavy atom. The van der Waals surface area contributed by atoms with Crippen molar-refractivity contribution in [2.45, 2.75) is 205 Å². The van der Waals surface area contributed by atoms with E-state index in [1.807, 2.05) is 6.92 Å². The monoisotopic (exact) mass is 1050 g/mol. The number of carbonyl (C=O) groups is 3. The first kappa shape index (κ1) is 62.3. The van der Waals surface area contributed by atoms with Crippen molar-refractivity contribution in [1.29, 1.82) is 0 Å². The SMILES string of the molecule is CCCCC[C@H](O)/C=C\[C@@H]1[C@H](O)[C@H](O)[C@H]2COP(=O)(O)OP(=O)(O)OC[C@@H](COC(=O)CCCCCCCCCCC(C)CC)OC(=O)CCCCC(=O)C[C@H]([C@H](n3ccc(N)nc3=O)O2)[C@@H](O)C[C@H]1O. The van der Waals surface area contributed by atoms with Crippen LogP contribution in [0.3, 0.4) is 0 Å². The van der Waals surface area contributed by atoms with Gasteiger partial charge >= 0.3 is 33.3 Å². The van der Waals surface area contributed by atoms with Crippen molar-refractivity contribution < 1.29 is 86.4 Å². The van der Waals surface area contributed by atoms with Crippen LogP contribution in [0, 0.1) is 17.8 Å². The van der Waals surface area contributed by atoms with Crippen LogP contribution >= 0.6 is 15.6 Å². The molecule has 0 radical (unpaired) electrons. The molecule has 2 aliphatic rings. The van der Waals surface area contributed by atoms with E-state index < -0.39 is 133 Å². The van der Waals surface area contributed by atoms with Crippen LogP contribution in [0.1, 0.15) is 162 Å². The van der Waals surface area contributed by atoms with Gasteiger partial charge in [-0.3, -0.25) is 28.0 Å². The Kier molecular flexibility index (Phi) is 28.4. The average Bonchev–Trinajstić information content (AvgIpc) is 3.30. The van der Waals surface area contributed by atoms with E-state index in [4.69, 9.17) is 29.0 Å². The first-order valence-electron chi connectivity index (χ1n) is 25.3. The summed E-state index contributed by atoms with van der Waals surface area (Å²) in [7, 11) is -11.4. The first-order valence-corrected chi connectivity index (χ1v) is 28.3. The maximum Gasteiger partial charge on any atom is 0.481 e. The summed E-state index contributed by atoms with van der Waals surface area (Å²) in [5.41, 5.74) is 4.66. The van der Waals surface area contributed by atoms with E-state index in [0.29, 0.717) is 19.3 Å². The number of fused-ring (bicyclic) bond motifs is 3. The Hall–Kier alpha value is -2.95. The molecule has 0 aromatic carbocycles. The second kappa shape index (κ2) is 32.4. The van der Waals surface area contributed by atoms with E-state index >= 15 is 0 Å². The van der Waals surface area contributed by atoms with Gasteiger partial charge in [-0.15, -0.1) is 0 Å². The fourth-order valence-corrected chi connectivity index (χ4v) is 10.5. The minimum atomic E-state index is -5.75. The molecule has 0 amide bonds. The highest BCUT2D eigenvalue weighted by atomic mass is 31.3. The summed E-state index contributed by atoms with van der Waals surface area (Å²) in [6.07, 6.45) is 1.34. The fraction of sp³-hybridized carbons (Fsp3) is 0.809. The third-order valence-electron chi connectivity index (χ3n) is 12.8. The number of esters is 2. The normalized spacial score (nSPS) is 31.2. The van der Waals surface area contributed by atoms with Crippen molar-refractivity contribution in [3.8, 4) is 0 Å². The van der Waals surface area contributed by atoms with Gasteiger partial charge in [-0.1, -0.05) is 110 Å². The highest BCUT2D eigenvalue weighted by Gasteiger charge is 2.45. The van der Waals surface area contributed by atoms with Gasteiger partial charge in [0.1, 0.15) is 36.6 Å². The highest BCUT2D eigenvalue weighted by molar-refractivity contribution is 7.61. The van der Waals surface area contributed by atoms with E-state index in [0.717, 1.165) is 61.6 Å². The number of ether oxygens (including phenoxy) is 3. The van der Waals surface area contributed by atoms with Gasteiger partial charge in [0.05, 0.1) is 37.6 Å². The number of unbranched alkanes of at least 4 members (excludes halogenated alkanes) is 9. The number of carbonyl (C=O) groups excluding carboxylic acids is 3. The van der Waals surface area contributed by atoms with Gasteiger partial charge in [0, 0.05) is 50.1 Å². The molecule has 13 atom stereocenters. The van der Waals surface area contributed by atoms with Crippen molar-refractivity contribution in [1.82, 2.24) is 9.55 Å². The zero-order valence-corrected chi connectivity index (χ0v) is 43.3. The molecular weight excluding hydrogens is 972 g/mol. The van der Waals surface area contributed by atoms with Crippen LogP contribution in [0.5, 0.6) is 0 Å². The number of aromatic nitrogens is 2. The summed E-state index contributed by atoms with van der Waals surface area (Å²) in [6.45, 7) is 3.58. The minimum absolute atomic E-state index is 0.0555. The van der Waals surface area contributed by atoms with E-state index in [1.54, 1.807) is 0 Å². The number of anilines is 1. The topological polar surface area (TPSA) is 343 Å². The minimum Gasteiger partial charge on any atom is -0.462 e. The Labute approximate surface area is 416 Å². The molecule has 22 nitrogen and oxygen atoms in total. The predicted octanol–water partition coefficient (Wildman–Crippen LogP) is 5.47. The molecule has 0 saturated carbocycles. The van der Waals surface area contributed by atoms with Crippen molar-refractivity contribution >= 4 is 39.2 Å². The quantitative estimate of drug-likeness (QED) is 0.0327. The van der Waals surface area contributed by atoms with Gasteiger partial charge in [-0.25, -0.2) is 13.9 Å². The highest BCUT2D eigenvalue weighted by Crippen LogP contribution is 2.60. The van der Waals surface area contributed by atoms with Crippen LogP contribution in [-0.2, 0) is 51.1 Å². The van der Waals surface area contributed by atoms with Crippen LogP contribution in [0.25, 0.3) is 0 Å². The molecule has 71 heavy (non-hydrogen) atoms. The molecule has 3 unspecified atom stereocenters. The maximum atomic E-state index is 13.7. The number of ketones is 1. The number of hydrogen-bond acceptors (Lipinski definition) is 19. The molecule has 3 rings (SSSR count). The Morgan fingerprint density at radius 2 is 1.52 bits per heavy atom. The van der Waals surface area contributed by atoms with E-state index in [9.17, 15) is 63.6 Å². The van der Waals surface area contributed by atoms with Crippen molar-refractivity contribution in [3.63, 3.8) is 0 Å². The van der Waals surface area contributed by atoms with Crippen LogP contribution < -0.4 is 11.4 Å². The molecule has 408 valence electrons. The van der Waals surface area contributed by atoms with Crippen LogP contribution in [0.2, 0.25) is 0 Å². The molecule has 2 fully saturated rings. The fourth-order valence-electron chi connectivity index (χ4n) is 8.39. The molecule has 0 spiro atoms. The number of aliphatic hydroxyl groups is 5. The first-order chi connectivity index (χ1) is 33.6. The number of nitrogens with two attached hydrogens (primary N) is 1. The van der Waals surface area contributed by atoms with Gasteiger partial charge < -0.3 is 55.3 Å². The largest absolute Gasteiger partial charge is 0.481 e. The number of rotatable bonds is 21. The lowest BCUT2D eigenvalue weighted by molar-refractivity contribution is -0.196. The van der Waals surface area contributed by atoms with Gasteiger partial charge in [0.15, 0.2) is 6.10 Å². The smallest absolute Gasteiger partial charge is 0.462 e.